The van der Waals surface area contributed by atoms with Crippen molar-refractivity contribution in [2.45, 2.75) is 63.3 Å². The number of hydrogen-bond acceptors (Lipinski definition) is 13. The van der Waals surface area contributed by atoms with E-state index >= 15 is 0 Å². The van der Waals surface area contributed by atoms with E-state index in [0.717, 1.165) is 24.4 Å². The lowest BCUT2D eigenvalue weighted by Gasteiger charge is -2.32. The number of imide groups is 2. The van der Waals surface area contributed by atoms with Crippen molar-refractivity contribution >= 4 is 46.9 Å². The molecule has 1 unspecified atom stereocenters. The van der Waals surface area contributed by atoms with Crippen LogP contribution in [0.2, 0.25) is 0 Å². The van der Waals surface area contributed by atoms with Crippen LogP contribution in [-0.2, 0) is 32.1 Å². The average molecular weight is 782 g/mol. The van der Waals surface area contributed by atoms with Crippen molar-refractivity contribution in [1.29, 1.82) is 0 Å². The number of carbonyl (C=O) groups excluding carboxylic acids is 6. The van der Waals surface area contributed by atoms with E-state index in [4.69, 9.17) is 4.74 Å². The Balaban J connectivity index is 0.766. The molecule has 2 atom stereocenters. The highest BCUT2D eigenvalue weighted by Crippen LogP contribution is 2.29. The first-order valence-electron chi connectivity index (χ1n) is 19.4. The fraction of sp³-hybridized carbons (Fsp3) is 0.450. The van der Waals surface area contributed by atoms with E-state index in [2.05, 4.69) is 48.3 Å². The number of piperidine rings is 2. The van der Waals surface area contributed by atoms with Crippen molar-refractivity contribution in [3.05, 3.63) is 82.8 Å². The minimum atomic E-state index is -1.02. The van der Waals surface area contributed by atoms with E-state index in [1.54, 1.807) is 18.2 Å². The van der Waals surface area contributed by atoms with Gasteiger partial charge in [0.1, 0.15) is 23.9 Å². The van der Waals surface area contributed by atoms with Crippen molar-refractivity contribution < 1.29 is 38.6 Å². The van der Waals surface area contributed by atoms with Gasteiger partial charge in [-0.2, -0.15) is 0 Å². The highest BCUT2D eigenvalue weighted by atomic mass is 16.5. The Bertz CT molecular complexity index is 2020. The molecule has 0 aliphatic carbocycles. The van der Waals surface area contributed by atoms with Crippen LogP contribution in [0.25, 0.3) is 0 Å². The SMILES string of the molecule is O=C1CCC(N2C(=O)c3ccc(NCCOCCC(=O)N4CCC(Nc5cc(C(=O)NC[C@H](O)CN6CCc7ccccc7C6)ncn5)CC4)cc3C2=O)C(=O)N1. The number of likely N-dealkylation sites (tertiary alicyclic amines) is 1. The number of hydrogen-bond donors (Lipinski definition) is 5. The number of rotatable bonds is 15. The standard InChI is InChI=1S/C40H47N9O8/c50-29(23-47-14-9-25-3-1-2-4-26(25)22-47)21-42-37(53)32-20-34(44-24-43-32)45-27-10-15-48(16-11-27)36(52)12-17-57-18-13-41-28-5-6-30-31(19-28)40(56)49(39(30)55)33-7-8-35(51)46-38(33)54/h1-6,19-20,24,27,29,33,41,50H,7-18,21-23H2,(H,42,53)(H,43,44,45)(H,46,51,54)/t29-,33?/m0/s1. The van der Waals surface area contributed by atoms with Gasteiger partial charge in [0.25, 0.3) is 17.7 Å². The zero-order chi connectivity index (χ0) is 39.9. The van der Waals surface area contributed by atoms with Gasteiger partial charge in [0.05, 0.1) is 36.9 Å². The van der Waals surface area contributed by atoms with E-state index < -0.39 is 35.8 Å². The molecular formula is C40H47N9O8. The van der Waals surface area contributed by atoms with Crippen LogP contribution in [0.1, 0.15) is 74.4 Å². The maximum absolute atomic E-state index is 13.1. The maximum Gasteiger partial charge on any atom is 0.270 e. The number of amides is 6. The van der Waals surface area contributed by atoms with Crippen LogP contribution in [0.15, 0.2) is 54.9 Å². The van der Waals surface area contributed by atoms with Crippen molar-refractivity contribution in [2.75, 3.05) is 63.1 Å². The minimum absolute atomic E-state index is 0.00272. The first-order valence-corrected chi connectivity index (χ1v) is 19.4. The Morgan fingerprint density at radius 3 is 2.51 bits per heavy atom. The number of β-amino-alcohol motifs (C(OH)–C–C–N with tert-alkyl or cyclic N) is 1. The molecule has 4 aliphatic heterocycles. The van der Waals surface area contributed by atoms with E-state index in [0.29, 0.717) is 57.1 Å². The number of aliphatic hydroxyl groups excluding tert-OH is 1. The Morgan fingerprint density at radius 1 is 0.912 bits per heavy atom. The molecule has 6 amide bonds. The lowest BCUT2D eigenvalue weighted by atomic mass is 10.00. The molecule has 4 aliphatic rings. The molecule has 0 saturated carbocycles. The molecule has 3 aromatic rings. The molecule has 2 fully saturated rings. The summed E-state index contributed by atoms with van der Waals surface area (Å²) in [4.78, 5) is 88.8. The molecule has 57 heavy (non-hydrogen) atoms. The number of aromatic nitrogens is 2. The highest BCUT2D eigenvalue weighted by molar-refractivity contribution is 6.23. The number of carbonyl (C=O) groups is 6. The molecule has 7 rings (SSSR count). The lowest BCUT2D eigenvalue weighted by Crippen LogP contribution is -2.54. The summed E-state index contributed by atoms with van der Waals surface area (Å²) in [7, 11) is 0. The average Bonchev–Trinajstić information content (AvgIpc) is 3.46. The summed E-state index contributed by atoms with van der Waals surface area (Å²) in [5.74, 6) is -2.09. The monoisotopic (exact) mass is 781 g/mol. The summed E-state index contributed by atoms with van der Waals surface area (Å²) in [6, 6.07) is 13.7. The summed E-state index contributed by atoms with van der Waals surface area (Å²) < 4.78 is 5.68. The molecule has 0 radical (unpaired) electrons. The van der Waals surface area contributed by atoms with Crippen LogP contribution >= 0.6 is 0 Å². The van der Waals surface area contributed by atoms with Gasteiger partial charge in [-0.25, -0.2) is 9.97 Å². The Hall–Kier alpha value is -5.78. The fourth-order valence-electron chi connectivity index (χ4n) is 7.68. The van der Waals surface area contributed by atoms with E-state index in [-0.39, 0.29) is 67.1 Å². The molecule has 300 valence electrons. The topological polar surface area (TPSA) is 215 Å². The molecule has 5 N–H and O–H groups in total. The second-order valence-electron chi connectivity index (χ2n) is 14.7. The van der Waals surface area contributed by atoms with Crippen molar-refractivity contribution in [1.82, 2.24) is 35.3 Å². The maximum atomic E-state index is 13.1. The van der Waals surface area contributed by atoms with Crippen LogP contribution in [0.4, 0.5) is 11.5 Å². The van der Waals surface area contributed by atoms with Crippen LogP contribution < -0.4 is 21.3 Å². The second-order valence-corrected chi connectivity index (χ2v) is 14.7. The third-order valence-electron chi connectivity index (χ3n) is 10.8. The van der Waals surface area contributed by atoms with Gasteiger partial charge in [-0.05, 0) is 55.0 Å². The second kappa shape index (κ2) is 18.0. The molecular weight excluding hydrogens is 734 g/mol. The Kier molecular flexibility index (Phi) is 12.5. The van der Waals surface area contributed by atoms with Crippen LogP contribution in [0, 0.1) is 0 Å². The van der Waals surface area contributed by atoms with Gasteiger partial charge in [0.15, 0.2) is 0 Å². The summed E-state index contributed by atoms with van der Waals surface area (Å²) >= 11 is 0. The number of nitrogens with one attached hydrogen (secondary N) is 4. The molecule has 17 nitrogen and oxygen atoms in total. The third-order valence-corrected chi connectivity index (χ3v) is 10.8. The number of aliphatic hydroxyl groups is 1. The first kappa shape index (κ1) is 39.5. The quantitative estimate of drug-likeness (QED) is 0.107. The van der Waals surface area contributed by atoms with Crippen LogP contribution in [0.5, 0.6) is 0 Å². The number of nitrogens with zero attached hydrogens (tertiary/aromatic N) is 5. The van der Waals surface area contributed by atoms with Gasteiger partial charge < -0.3 is 30.7 Å². The van der Waals surface area contributed by atoms with Crippen molar-refractivity contribution in [2.24, 2.45) is 0 Å². The molecule has 1 aromatic heterocycles. The van der Waals surface area contributed by atoms with Crippen LogP contribution in [0.3, 0.4) is 0 Å². The molecule has 0 bridgehead atoms. The fourth-order valence-corrected chi connectivity index (χ4v) is 7.68. The first-order chi connectivity index (χ1) is 27.6. The van der Waals surface area contributed by atoms with Gasteiger partial charge in [-0.3, -0.25) is 43.9 Å². The van der Waals surface area contributed by atoms with Gasteiger partial charge >= 0.3 is 0 Å². The van der Waals surface area contributed by atoms with E-state index in [1.807, 2.05) is 17.0 Å². The normalized spacial score (nSPS) is 19.1. The van der Waals surface area contributed by atoms with Gasteiger partial charge in [0.2, 0.25) is 17.7 Å². The molecule has 2 saturated heterocycles. The summed E-state index contributed by atoms with van der Waals surface area (Å²) in [6.07, 6.45) is 3.34. The Morgan fingerprint density at radius 2 is 1.70 bits per heavy atom. The highest BCUT2D eigenvalue weighted by Gasteiger charge is 2.44. The minimum Gasteiger partial charge on any atom is -0.390 e. The number of ether oxygens (including phenoxy) is 1. The number of benzene rings is 2. The summed E-state index contributed by atoms with van der Waals surface area (Å²) in [6.45, 7) is 4.28. The molecule has 0 spiro atoms. The Labute approximate surface area is 329 Å². The zero-order valence-electron chi connectivity index (χ0n) is 31.6. The number of fused-ring (bicyclic) bond motifs is 2. The molecule has 2 aromatic carbocycles. The summed E-state index contributed by atoms with van der Waals surface area (Å²) in [5.41, 5.74) is 3.81. The van der Waals surface area contributed by atoms with Crippen LogP contribution in [-0.4, -0.2) is 136 Å². The third kappa shape index (κ3) is 9.61. The molecule has 5 heterocycles. The smallest absolute Gasteiger partial charge is 0.270 e. The lowest BCUT2D eigenvalue weighted by molar-refractivity contribution is -0.136. The predicted octanol–water partition coefficient (Wildman–Crippen LogP) is 0.949. The number of anilines is 2. The van der Waals surface area contributed by atoms with E-state index in [9.17, 15) is 33.9 Å². The predicted molar refractivity (Wildman–Crippen MR) is 206 cm³/mol. The van der Waals surface area contributed by atoms with Gasteiger partial charge in [0, 0.05) is 70.0 Å². The van der Waals surface area contributed by atoms with Gasteiger partial charge in [-0.1, -0.05) is 24.3 Å². The van der Waals surface area contributed by atoms with Crippen molar-refractivity contribution in [3.8, 4) is 0 Å². The largest absolute Gasteiger partial charge is 0.390 e. The van der Waals surface area contributed by atoms with Crippen molar-refractivity contribution in [3.63, 3.8) is 0 Å². The molecule has 17 heteroatoms. The van der Waals surface area contributed by atoms with Gasteiger partial charge in [-0.15, -0.1) is 0 Å². The van der Waals surface area contributed by atoms with E-state index in [1.165, 1.54) is 23.5 Å². The zero-order valence-corrected chi connectivity index (χ0v) is 31.6. The summed E-state index contributed by atoms with van der Waals surface area (Å²) in [5, 5.41) is 22.1.